The minimum atomic E-state index is -0.453. The molecule has 0 fully saturated rings. The minimum Gasteiger partial charge on any atom is -0.273 e. The van der Waals surface area contributed by atoms with E-state index in [4.69, 9.17) is 0 Å². The fraction of sp³-hybridized carbons (Fsp3) is 0.316. The molecule has 3 rings (SSSR count). The third-order valence-corrected chi connectivity index (χ3v) is 4.54. The Hall–Kier alpha value is -3.29. The number of hydrogen-bond donors (Lipinski definition) is 2. The van der Waals surface area contributed by atoms with E-state index in [1.54, 1.807) is 22.9 Å². The van der Waals surface area contributed by atoms with Gasteiger partial charge in [0, 0.05) is 30.7 Å². The molecule has 140 valence electrons. The summed E-state index contributed by atoms with van der Waals surface area (Å²) < 4.78 is 1.77. The van der Waals surface area contributed by atoms with Gasteiger partial charge in [-0.05, 0) is 50.5 Å². The Balaban J connectivity index is 1.65. The van der Waals surface area contributed by atoms with Gasteiger partial charge in [-0.3, -0.25) is 30.1 Å². The van der Waals surface area contributed by atoms with Gasteiger partial charge >= 0.3 is 0 Å². The molecule has 27 heavy (non-hydrogen) atoms. The Morgan fingerprint density at radius 2 is 1.89 bits per heavy atom. The molecule has 0 bridgehead atoms. The van der Waals surface area contributed by atoms with Crippen LogP contribution >= 0.6 is 0 Å². The van der Waals surface area contributed by atoms with E-state index in [9.17, 15) is 9.59 Å². The number of rotatable bonds is 4. The number of pyridine rings is 2. The molecule has 0 spiro atoms. The van der Waals surface area contributed by atoms with Crippen molar-refractivity contribution in [2.45, 2.75) is 33.6 Å². The molecule has 3 aromatic rings. The summed E-state index contributed by atoms with van der Waals surface area (Å²) in [6.07, 6.45) is 2.28. The lowest BCUT2D eigenvalue weighted by Gasteiger charge is -2.11. The molecule has 2 amide bonds. The minimum absolute atomic E-state index is 0.233. The van der Waals surface area contributed by atoms with Gasteiger partial charge in [-0.15, -0.1) is 0 Å². The van der Waals surface area contributed by atoms with Crippen LogP contribution in [0.15, 0.2) is 24.4 Å². The number of nitrogens with one attached hydrogen (secondary N) is 2. The van der Waals surface area contributed by atoms with Gasteiger partial charge in [0.25, 0.3) is 5.91 Å². The summed E-state index contributed by atoms with van der Waals surface area (Å²) in [6, 6.07) is 5.00. The number of hydrogen-bond acceptors (Lipinski definition) is 5. The number of aryl methyl sites for hydroxylation is 4. The Labute approximate surface area is 157 Å². The van der Waals surface area contributed by atoms with E-state index >= 15 is 0 Å². The highest BCUT2D eigenvalue weighted by Gasteiger charge is 2.16. The van der Waals surface area contributed by atoms with Crippen molar-refractivity contribution in [1.29, 1.82) is 0 Å². The van der Waals surface area contributed by atoms with Gasteiger partial charge in [-0.2, -0.15) is 5.10 Å². The van der Waals surface area contributed by atoms with Crippen molar-refractivity contribution in [3.63, 3.8) is 0 Å². The third kappa shape index (κ3) is 3.79. The molecule has 3 aromatic heterocycles. The zero-order valence-electron chi connectivity index (χ0n) is 15.8. The van der Waals surface area contributed by atoms with Gasteiger partial charge in [-0.1, -0.05) is 6.07 Å². The van der Waals surface area contributed by atoms with Crippen LogP contribution < -0.4 is 10.9 Å². The fourth-order valence-electron chi connectivity index (χ4n) is 3.22. The number of aromatic nitrogens is 4. The molecule has 0 atom stereocenters. The van der Waals surface area contributed by atoms with Crippen molar-refractivity contribution in [3.05, 3.63) is 52.6 Å². The number of carbonyl (C=O) groups is 2. The first-order valence-corrected chi connectivity index (χ1v) is 8.68. The number of carbonyl (C=O) groups excluding carboxylic acids is 2. The second kappa shape index (κ2) is 7.53. The van der Waals surface area contributed by atoms with Gasteiger partial charge in [0.2, 0.25) is 5.91 Å². The highest BCUT2D eigenvalue weighted by atomic mass is 16.2. The van der Waals surface area contributed by atoms with Crippen LogP contribution in [0.4, 0.5) is 0 Å². The maximum absolute atomic E-state index is 12.1. The largest absolute Gasteiger partial charge is 0.288 e. The summed E-state index contributed by atoms with van der Waals surface area (Å²) in [4.78, 5) is 32.6. The van der Waals surface area contributed by atoms with Crippen LogP contribution in [-0.4, -0.2) is 31.6 Å². The molecule has 0 aliphatic rings. The Kier molecular flexibility index (Phi) is 5.16. The smallest absolute Gasteiger partial charge is 0.273 e. The Bertz CT molecular complexity index is 1010. The molecule has 0 unspecified atom stereocenters. The summed E-state index contributed by atoms with van der Waals surface area (Å²) >= 11 is 0. The quantitative estimate of drug-likeness (QED) is 0.684. The van der Waals surface area contributed by atoms with Crippen LogP contribution in [0, 0.1) is 20.8 Å². The van der Waals surface area contributed by atoms with Crippen molar-refractivity contribution in [1.82, 2.24) is 30.6 Å². The molecule has 2 N–H and O–H groups in total. The molecule has 0 aliphatic carbocycles. The first-order valence-electron chi connectivity index (χ1n) is 8.68. The summed E-state index contributed by atoms with van der Waals surface area (Å²) in [5.74, 6) is -0.730. The van der Waals surface area contributed by atoms with Crippen LogP contribution in [-0.2, 0) is 18.3 Å². The monoisotopic (exact) mass is 366 g/mol. The van der Waals surface area contributed by atoms with E-state index in [1.807, 2.05) is 27.8 Å². The highest BCUT2D eigenvalue weighted by Crippen LogP contribution is 2.25. The van der Waals surface area contributed by atoms with Crippen LogP contribution in [0.5, 0.6) is 0 Å². The Morgan fingerprint density at radius 3 is 2.59 bits per heavy atom. The van der Waals surface area contributed by atoms with Crippen molar-refractivity contribution < 1.29 is 9.59 Å². The topological polar surface area (TPSA) is 102 Å². The maximum Gasteiger partial charge on any atom is 0.288 e. The average molecular weight is 366 g/mol. The standard InChI is InChI=1S/C19H22N6O2/c1-11-14(12(2)21-18-17(11)13(3)24-25(18)4)8-9-16(26)22-23-19(27)15-7-5-6-10-20-15/h5-7,10H,8-9H2,1-4H3,(H,22,26)(H,23,27). The van der Waals surface area contributed by atoms with Crippen molar-refractivity contribution in [2.75, 3.05) is 0 Å². The van der Waals surface area contributed by atoms with Crippen LogP contribution in [0.25, 0.3) is 11.0 Å². The predicted octanol–water partition coefficient (Wildman–Crippen LogP) is 1.68. The van der Waals surface area contributed by atoms with E-state index in [0.717, 1.165) is 33.5 Å². The Morgan fingerprint density at radius 1 is 1.11 bits per heavy atom. The summed E-state index contributed by atoms with van der Waals surface area (Å²) in [5.41, 5.74) is 9.82. The van der Waals surface area contributed by atoms with Gasteiger partial charge < -0.3 is 0 Å². The van der Waals surface area contributed by atoms with Gasteiger partial charge in [-0.25, -0.2) is 4.98 Å². The van der Waals surface area contributed by atoms with E-state index in [0.29, 0.717) is 6.42 Å². The zero-order chi connectivity index (χ0) is 19.6. The molecule has 8 nitrogen and oxygen atoms in total. The summed E-state index contributed by atoms with van der Waals surface area (Å²) in [5, 5.41) is 5.46. The van der Waals surface area contributed by atoms with Gasteiger partial charge in [0.15, 0.2) is 5.65 Å². The van der Waals surface area contributed by atoms with Gasteiger partial charge in [0.05, 0.1) is 5.69 Å². The molecule has 0 radical (unpaired) electrons. The molecular formula is C19H22N6O2. The average Bonchev–Trinajstić information content (AvgIpc) is 2.93. The molecular weight excluding hydrogens is 344 g/mol. The SMILES string of the molecule is Cc1nc2c(c(C)nn2C)c(C)c1CCC(=O)NNC(=O)c1ccccn1. The second-order valence-corrected chi connectivity index (χ2v) is 6.43. The predicted molar refractivity (Wildman–Crippen MR) is 101 cm³/mol. The summed E-state index contributed by atoms with van der Waals surface area (Å²) in [7, 11) is 1.87. The molecule has 3 heterocycles. The van der Waals surface area contributed by atoms with Crippen LogP contribution in [0.3, 0.4) is 0 Å². The lowest BCUT2D eigenvalue weighted by Crippen LogP contribution is -2.42. The molecule has 0 saturated carbocycles. The number of amides is 2. The second-order valence-electron chi connectivity index (χ2n) is 6.43. The normalized spacial score (nSPS) is 10.8. The molecule has 0 aliphatic heterocycles. The molecule has 0 saturated heterocycles. The van der Waals surface area contributed by atoms with Crippen LogP contribution in [0.2, 0.25) is 0 Å². The van der Waals surface area contributed by atoms with E-state index in [-0.39, 0.29) is 18.0 Å². The zero-order valence-corrected chi connectivity index (χ0v) is 15.8. The molecule has 8 heteroatoms. The first kappa shape index (κ1) is 18.5. The van der Waals surface area contributed by atoms with E-state index in [1.165, 1.54) is 6.20 Å². The first-order chi connectivity index (χ1) is 12.9. The molecule has 0 aromatic carbocycles. The van der Waals surface area contributed by atoms with Crippen molar-refractivity contribution in [2.24, 2.45) is 7.05 Å². The lowest BCUT2D eigenvalue weighted by atomic mass is 9.99. The van der Waals surface area contributed by atoms with Gasteiger partial charge in [0.1, 0.15) is 5.69 Å². The van der Waals surface area contributed by atoms with Crippen LogP contribution in [0.1, 0.15) is 39.4 Å². The number of fused-ring (bicyclic) bond motifs is 1. The third-order valence-electron chi connectivity index (χ3n) is 4.54. The van der Waals surface area contributed by atoms with E-state index in [2.05, 4.69) is 25.9 Å². The summed E-state index contributed by atoms with van der Waals surface area (Å²) in [6.45, 7) is 5.92. The highest BCUT2D eigenvalue weighted by molar-refractivity contribution is 5.93. The lowest BCUT2D eigenvalue weighted by molar-refractivity contribution is -0.121. The van der Waals surface area contributed by atoms with Crippen molar-refractivity contribution >= 4 is 22.8 Å². The number of hydrazine groups is 1. The van der Waals surface area contributed by atoms with E-state index < -0.39 is 5.91 Å². The fourth-order valence-corrected chi connectivity index (χ4v) is 3.22. The van der Waals surface area contributed by atoms with Crippen molar-refractivity contribution in [3.8, 4) is 0 Å². The maximum atomic E-state index is 12.1. The number of nitrogens with zero attached hydrogens (tertiary/aromatic N) is 4.